The highest BCUT2D eigenvalue weighted by Crippen LogP contribution is 2.43. The van der Waals surface area contributed by atoms with Crippen molar-refractivity contribution < 1.29 is 0 Å². The van der Waals surface area contributed by atoms with Gasteiger partial charge in [-0.15, -0.1) is 0 Å². The van der Waals surface area contributed by atoms with E-state index in [2.05, 4.69) is 45.0 Å². The van der Waals surface area contributed by atoms with E-state index in [0.717, 1.165) is 5.92 Å². The van der Waals surface area contributed by atoms with Crippen LogP contribution in [-0.2, 0) is 0 Å². The van der Waals surface area contributed by atoms with Crippen molar-refractivity contribution >= 4 is 0 Å². The second-order valence-corrected chi connectivity index (χ2v) is 5.87. The number of hydrogen-bond acceptors (Lipinski definition) is 0. The molecule has 1 aromatic rings. The van der Waals surface area contributed by atoms with Gasteiger partial charge in [-0.05, 0) is 43.1 Å². The Morgan fingerprint density at radius 1 is 1.06 bits per heavy atom. The smallest absolute Gasteiger partial charge is 0.0157 e. The Kier molecular flexibility index (Phi) is 5.24. The van der Waals surface area contributed by atoms with Crippen molar-refractivity contribution in [1.29, 1.82) is 0 Å². The molecular formula is C17H28. The summed E-state index contributed by atoms with van der Waals surface area (Å²) in [6.45, 7) is 11.0. The largest absolute Gasteiger partial charge is 0.0683 e. The van der Waals surface area contributed by atoms with E-state index in [1.165, 1.54) is 31.2 Å². The molecule has 1 saturated carbocycles. The van der Waals surface area contributed by atoms with Crippen LogP contribution in [-0.4, -0.2) is 0 Å². The van der Waals surface area contributed by atoms with E-state index in [9.17, 15) is 0 Å². The highest BCUT2D eigenvalue weighted by atomic mass is 14.3. The van der Waals surface area contributed by atoms with Crippen LogP contribution in [0.15, 0.2) is 24.3 Å². The normalized spacial score (nSPS) is 22.5. The van der Waals surface area contributed by atoms with Gasteiger partial charge in [0.15, 0.2) is 0 Å². The van der Waals surface area contributed by atoms with Gasteiger partial charge in [0, 0.05) is 0 Å². The fourth-order valence-electron chi connectivity index (χ4n) is 2.82. The lowest BCUT2D eigenvalue weighted by Gasteiger charge is -2.35. The lowest BCUT2D eigenvalue weighted by atomic mass is 9.70. The number of benzene rings is 1. The molecule has 0 spiro atoms. The summed E-state index contributed by atoms with van der Waals surface area (Å²) in [5, 5.41) is 0. The van der Waals surface area contributed by atoms with Gasteiger partial charge in [0.25, 0.3) is 0 Å². The lowest BCUT2D eigenvalue weighted by molar-refractivity contribution is 0.219. The summed E-state index contributed by atoms with van der Waals surface area (Å²) in [6.07, 6.45) is 5.53. The van der Waals surface area contributed by atoms with Gasteiger partial charge in [0.1, 0.15) is 0 Å². The Hall–Kier alpha value is -0.780. The van der Waals surface area contributed by atoms with Crippen LogP contribution < -0.4 is 0 Å². The van der Waals surface area contributed by atoms with Crippen LogP contribution in [0.3, 0.4) is 0 Å². The van der Waals surface area contributed by atoms with E-state index < -0.39 is 0 Å². The monoisotopic (exact) mass is 232 g/mol. The van der Waals surface area contributed by atoms with Crippen LogP contribution >= 0.6 is 0 Å². The van der Waals surface area contributed by atoms with Gasteiger partial charge in [0.05, 0.1) is 0 Å². The molecule has 1 atom stereocenters. The van der Waals surface area contributed by atoms with E-state index in [0.29, 0.717) is 5.41 Å². The van der Waals surface area contributed by atoms with Crippen LogP contribution in [0, 0.1) is 12.3 Å². The van der Waals surface area contributed by atoms with Crippen molar-refractivity contribution in [2.75, 3.05) is 0 Å². The van der Waals surface area contributed by atoms with E-state index in [4.69, 9.17) is 0 Å². The number of rotatable bonds is 1. The summed E-state index contributed by atoms with van der Waals surface area (Å²) in [7, 11) is 0. The van der Waals surface area contributed by atoms with Crippen LogP contribution in [0.1, 0.15) is 70.4 Å². The maximum Gasteiger partial charge on any atom is -0.0157 e. The molecule has 0 N–H and O–H groups in total. The third-order valence-corrected chi connectivity index (χ3v) is 3.75. The van der Waals surface area contributed by atoms with Crippen molar-refractivity contribution in [3.8, 4) is 0 Å². The summed E-state index contributed by atoms with van der Waals surface area (Å²) >= 11 is 0. The van der Waals surface area contributed by atoms with Crippen LogP contribution in [0.25, 0.3) is 0 Å². The summed E-state index contributed by atoms with van der Waals surface area (Å²) < 4.78 is 0. The second kappa shape index (κ2) is 6.23. The average Bonchev–Trinajstić information content (AvgIpc) is 2.31. The highest BCUT2D eigenvalue weighted by molar-refractivity contribution is 5.25. The fourth-order valence-corrected chi connectivity index (χ4v) is 2.82. The maximum absolute atomic E-state index is 2.41. The minimum absolute atomic E-state index is 0.549. The summed E-state index contributed by atoms with van der Waals surface area (Å²) in [5.74, 6) is 0.800. The highest BCUT2D eigenvalue weighted by Gasteiger charge is 2.28. The molecule has 0 bridgehead atoms. The first-order valence-corrected chi connectivity index (χ1v) is 7.13. The van der Waals surface area contributed by atoms with Gasteiger partial charge in [-0.3, -0.25) is 0 Å². The molecule has 0 heterocycles. The molecule has 1 fully saturated rings. The summed E-state index contributed by atoms with van der Waals surface area (Å²) in [4.78, 5) is 0. The molecule has 0 aromatic heterocycles. The van der Waals surface area contributed by atoms with Gasteiger partial charge in [0.2, 0.25) is 0 Å². The lowest BCUT2D eigenvalue weighted by Crippen LogP contribution is -2.21. The first-order chi connectivity index (χ1) is 8.07. The molecule has 1 unspecified atom stereocenters. The Labute approximate surface area is 107 Å². The minimum Gasteiger partial charge on any atom is -0.0683 e. The first-order valence-electron chi connectivity index (χ1n) is 7.13. The molecule has 1 aliphatic carbocycles. The molecule has 96 valence electrons. The zero-order valence-corrected chi connectivity index (χ0v) is 12.2. The van der Waals surface area contributed by atoms with Crippen LogP contribution in [0.4, 0.5) is 0 Å². The van der Waals surface area contributed by atoms with E-state index in [-0.39, 0.29) is 0 Å². The topological polar surface area (TPSA) is 0 Å². The van der Waals surface area contributed by atoms with Gasteiger partial charge < -0.3 is 0 Å². The molecule has 17 heavy (non-hydrogen) atoms. The SMILES string of the molecule is CC.Cc1ccc(C2CCCC(C)(C)C2)cc1. The quantitative estimate of drug-likeness (QED) is 0.582. The Morgan fingerprint density at radius 3 is 2.18 bits per heavy atom. The Morgan fingerprint density at radius 2 is 1.65 bits per heavy atom. The summed E-state index contributed by atoms with van der Waals surface area (Å²) in [5.41, 5.74) is 3.47. The Bertz CT molecular complexity index is 318. The minimum atomic E-state index is 0.549. The van der Waals surface area contributed by atoms with Crippen molar-refractivity contribution in [2.45, 2.75) is 66.2 Å². The van der Waals surface area contributed by atoms with Gasteiger partial charge in [-0.25, -0.2) is 0 Å². The summed E-state index contributed by atoms with van der Waals surface area (Å²) in [6, 6.07) is 9.14. The van der Waals surface area contributed by atoms with Crippen LogP contribution in [0.2, 0.25) is 0 Å². The Balaban J connectivity index is 0.000000686. The van der Waals surface area contributed by atoms with Gasteiger partial charge >= 0.3 is 0 Å². The predicted molar refractivity (Wildman–Crippen MR) is 77.5 cm³/mol. The predicted octanol–water partition coefficient (Wildman–Crippen LogP) is 5.71. The molecule has 1 aliphatic rings. The molecule has 0 amide bonds. The standard InChI is InChI=1S/C15H22.C2H6/c1-12-6-8-13(9-7-12)14-5-4-10-15(2,3)11-14;1-2/h6-9,14H,4-5,10-11H2,1-3H3;1-2H3. The zero-order chi connectivity index (χ0) is 12.9. The molecule has 0 saturated heterocycles. The fraction of sp³-hybridized carbons (Fsp3) is 0.647. The van der Waals surface area contributed by atoms with Crippen molar-refractivity contribution in [3.63, 3.8) is 0 Å². The van der Waals surface area contributed by atoms with Crippen molar-refractivity contribution in [1.82, 2.24) is 0 Å². The molecule has 0 radical (unpaired) electrons. The maximum atomic E-state index is 2.41. The molecule has 1 aromatic carbocycles. The third-order valence-electron chi connectivity index (χ3n) is 3.75. The van der Waals surface area contributed by atoms with Crippen molar-refractivity contribution in [2.24, 2.45) is 5.41 Å². The van der Waals surface area contributed by atoms with Gasteiger partial charge in [-0.1, -0.05) is 63.9 Å². The third kappa shape index (κ3) is 4.18. The second-order valence-electron chi connectivity index (χ2n) is 5.87. The zero-order valence-electron chi connectivity index (χ0n) is 12.2. The number of aryl methyl sites for hydroxylation is 1. The van der Waals surface area contributed by atoms with Crippen LogP contribution in [0.5, 0.6) is 0 Å². The number of hydrogen-bond donors (Lipinski definition) is 0. The van der Waals surface area contributed by atoms with Crippen molar-refractivity contribution in [3.05, 3.63) is 35.4 Å². The molecular weight excluding hydrogens is 204 g/mol. The molecule has 0 heteroatoms. The first kappa shape index (κ1) is 14.3. The molecule has 2 rings (SSSR count). The average molecular weight is 232 g/mol. The molecule has 0 nitrogen and oxygen atoms in total. The molecule has 0 aliphatic heterocycles. The van der Waals surface area contributed by atoms with Gasteiger partial charge in [-0.2, -0.15) is 0 Å². The van der Waals surface area contributed by atoms with E-state index in [1.54, 1.807) is 5.56 Å². The van der Waals surface area contributed by atoms with E-state index in [1.807, 2.05) is 13.8 Å². The van der Waals surface area contributed by atoms with E-state index >= 15 is 0 Å².